The van der Waals surface area contributed by atoms with Crippen LogP contribution in [0.3, 0.4) is 0 Å². The first-order chi connectivity index (χ1) is 13.5. The number of hydrogen-bond acceptors (Lipinski definition) is 5. The van der Waals surface area contributed by atoms with Crippen LogP contribution in [0.1, 0.15) is 44.8 Å². The minimum absolute atomic E-state index is 0.196. The zero-order valence-electron chi connectivity index (χ0n) is 16.9. The molecule has 160 valence electrons. The molecule has 0 spiro atoms. The molecule has 2 rings (SSSR count). The Balaban J connectivity index is 0.00000132. The van der Waals surface area contributed by atoms with Gasteiger partial charge in [0.2, 0.25) is 0 Å². The molecule has 6 nitrogen and oxygen atoms in total. The molecular weight excluding hydrogens is 411 g/mol. The molecule has 10 heteroatoms. The second-order valence-electron chi connectivity index (χ2n) is 6.82. The molecule has 0 radical (unpaired) electrons. The minimum atomic E-state index is -4.31. The Morgan fingerprint density at radius 2 is 1.79 bits per heavy atom. The van der Waals surface area contributed by atoms with E-state index in [0.29, 0.717) is 35.1 Å². The van der Waals surface area contributed by atoms with E-state index in [4.69, 9.17) is 25.9 Å². The van der Waals surface area contributed by atoms with Crippen LogP contribution in [0.4, 0.5) is 13.2 Å². The van der Waals surface area contributed by atoms with Crippen molar-refractivity contribution in [1.29, 1.82) is 0 Å². The molecule has 0 aliphatic heterocycles. The van der Waals surface area contributed by atoms with E-state index in [0.717, 1.165) is 11.5 Å². The van der Waals surface area contributed by atoms with Gasteiger partial charge < -0.3 is 4.74 Å². The van der Waals surface area contributed by atoms with Gasteiger partial charge in [0.25, 0.3) is 0 Å². The van der Waals surface area contributed by atoms with Crippen LogP contribution < -0.4 is 4.74 Å². The Morgan fingerprint density at radius 3 is 2.24 bits per heavy atom. The Morgan fingerprint density at radius 1 is 1.21 bits per heavy atom. The van der Waals surface area contributed by atoms with E-state index in [2.05, 4.69) is 9.97 Å². The lowest BCUT2D eigenvalue weighted by Gasteiger charge is -2.27. The van der Waals surface area contributed by atoms with Crippen molar-refractivity contribution < 1.29 is 27.5 Å². The SMILES string of the molecule is CCc1nc(CC)n(-c2ncc(CC(C)(C)C(F)(F)F)cc2OC)c1Cl.O=C=O. The van der Waals surface area contributed by atoms with Gasteiger partial charge in [-0.05, 0) is 24.5 Å². The van der Waals surface area contributed by atoms with Crippen molar-refractivity contribution in [2.75, 3.05) is 7.11 Å². The van der Waals surface area contributed by atoms with E-state index in [-0.39, 0.29) is 12.6 Å². The molecule has 0 atom stereocenters. The van der Waals surface area contributed by atoms with Crippen LogP contribution in [0, 0.1) is 5.41 Å². The average molecular weight is 434 g/mol. The lowest BCUT2D eigenvalue weighted by atomic mass is 9.85. The van der Waals surface area contributed by atoms with Gasteiger partial charge in [-0.25, -0.2) is 9.97 Å². The van der Waals surface area contributed by atoms with Gasteiger partial charge in [-0.1, -0.05) is 39.3 Å². The van der Waals surface area contributed by atoms with Crippen molar-refractivity contribution in [2.24, 2.45) is 5.41 Å². The molecule has 0 amide bonds. The first-order valence-electron chi connectivity index (χ1n) is 8.82. The molecule has 0 fully saturated rings. The summed E-state index contributed by atoms with van der Waals surface area (Å²) < 4.78 is 46.6. The van der Waals surface area contributed by atoms with Crippen molar-refractivity contribution >= 4 is 17.8 Å². The van der Waals surface area contributed by atoms with Gasteiger partial charge in [0.05, 0.1) is 18.2 Å². The summed E-state index contributed by atoms with van der Waals surface area (Å²) >= 11 is 6.43. The van der Waals surface area contributed by atoms with Gasteiger partial charge in [0, 0.05) is 12.6 Å². The van der Waals surface area contributed by atoms with Gasteiger partial charge in [0.15, 0.2) is 11.6 Å². The normalized spacial score (nSPS) is 11.5. The van der Waals surface area contributed by atoms with Crippen LogP contribution in [0.2, 0.25) is 5.15 Å². The van der Waals surface area contributed by atoms with Gasteiger partial charge >= 0.3 is 12.3 Å². The van der Waals surface area contributed by atoms with Crippen molar-refractivity contribution in [3.05, 3.63) is 34.5 Å². The summed E-state index contributed by atoms with van der Waals surface area (Å²) in [5.74, 6) is 1.51. The zero-order valence-corrected chi connectivity index (χ0v) is 17.6. The van der Waals surface area contributed by atoms with E-state index in [9.17, 15) is 13.2 Å². The van der Waals surface area contributed by atoms with Crippen molar-refractivity contribution in [1.82, 2.24) is 14.5 Å². The van der Waals surface area contributed by atoms with Gasteiger partial charge in [-0.15, -0.1) is 0 Å². The quantitative estimate of drug-likeness (QED) is 0.665. The third kappa shape index (κ3) is 5.58. The largest absolute Gasteiger partial charge is 0.493 e. The standard InChI is InChI=1S/C18H23ClF3N3O.CO2/c1-6-12-15(19)25(14(7-2)24-12)16-13(26-5)8-11(10-23-16)9-17(3,4)18(20,21)22;2-1-3/h8,10H,6-7,9H2,1-5H3;. The Hall–Kier alpha value is -2.38. The molecule has 0 aromatic carbocycles. The highest BCUT2D eigenvalue weighted by atomic mass is 35.5. The van der Waals surface area contributed by atoms with Crippen molar-refractivity contribution in [3.63, 3.8) is 0 Å². The highest BCUT2D eigenvalue weighted by Crippen LogP contribution is 2.41. The van der Waals surface area contributed by atoms with Gasteiger partial charge in [-0.2, -0.15) is 22.8 Å². The van der Waals surface area contributed by atoms with Gasteiger partial charge in [-0.3, -0.25) is 4.57 Å². The second-order valence-corrected chi connectivity index (χ2v) is 7.18. The Kier molecular flexibility index (Phi) is 8.41. The smallest absolute Gasteiger partial charge is 0.394 e. The molecule has 0 saturated heterocycles. The number of rotatable bonds is 6. The number of pyridine rings is 1. The number of imidazole rings is 1. The maximum absolute atomic E-state index is 13.2. The third-order valence-electron chi connectivity index (χ3n) is 4.34. The molecule has 0 aliphatic carbocycles. The number of aryl methyl sites for hydroxylation is 2. The maximum Gasteiger partial charge on any atom is 0.394 e. The summed E-state index contributed by atoms with van der Waals surface area (Å²) in [6.45, 7) is 6.23. The van der Waals surface area contributed by atoms with E-state index in [1.807, 2.05) is 13.8 Å². The molecular formula is C19H23ClF3N3O3. The topological polar surface area (TPSA) is 74.1 Å². The number of nitrogens with zero attached hydrogens (tertiary/aromatic N) is 3. The molecule has 2 aromatic rings. The van der Waals surface area contributed by atoms with Crippen molar-refractivity contribution in [3.8, 4) is 11.6 Å². The lowest BCUT2D eigenvalue weighted by Crippen LogP contribution is -2.34. The fourth-order valence-electron chi connectivity index (χ4n) is 2.67. The molecule has 0 unspecified atom stereocenters. The zero-order chi connectivity index (χ0) is 22.4. The van der Waals surface area contributed by atoms with E-state index in [1.54, 1.807) is 10.6 Å². The van der Waals surface area contributed by atoms with E-state index in [1.165, 1.54) is 27.2 Å². The molecule has 0 N–H and O–H groups in total. The molecule has 0 bridgehead atoms. The number of carbonyl (C=O) groups excluding carboxylic acids is 2. The maximum atomic E-state index is 13.2. The van der Waals surface area contributed by atoms with Crippen LogP contribution in [0.15, 0.2) is 12.3 Å². The molecule has 29 heavy (non-hydrogen) atoms. The van der Waals surface area contributed by atoms with Crippen LogP contribution in [0.25, 0.3) is 5.82 Å². The molecule has 0 saturated carbocycles. The van der Waals surface area contributed by atoms with Gasteiger partial charge in [0.1, 0.15) is 11.0 Å². The molecule has 0 aliphatic rings. The van der Waals surface area contributed by atoms with Crippen LogP contribution in [-0.2, 0) is 28.9 Å². The summed E-state index contributed by atoms with van der Waals surface area (Å²) in [4.78, 5) is 25.1. The lowest BCUT2D eigenvalue weighted by molar-refractivity contribution is -0.211. The second kappa shape index (κ2) is 9.89. The predicted octanol–water partition coefficient (Wildman–Crippen LogP) is 4.60. The molecule has 2 heterocycles. The summed E-state index contributed by atoms with van der Waals surface area (Å²) in [5.41, 5.74) is -0.676. The number of halogens is 4. The number of ether oxygens (including phenoxy) is 1. The van der Waals surface area contributed by atoms with E-state index < -0.39 is 11.6 Å². The Bertz CT molecular complexity index is 874. The summed E-state index contributed by atoms with van der Waals surface area (Å²) in [6.07, 6.45) is -1.52. The van der Waals surface area contributed by atoms with Crippen molar-refractivity contribution in [2.45, 2.75) is 53.1 Å². The fourth-order valence-corrected chi connectivity index (χ4v) is 3.03. The summed E-state index contributed by atoms with van der Waals surface area (Å²) in [5, 5.41) is 0.443. The molecule has 2 aromatic heterocycles. The monoisotopic (exact) mass is 433 g/mol. The van der Waals surface area contributed by atoms with Crippen LogP contribution in [-0.4, -0.2) is 34.0 Å². The number of alkyl halides is 3. The highest BCUT2D eigenvalue weighted by molar-refractivity contribution is 6.30. The number of methoxy groups -OCH3 is 1. The number of hydrogen-bond donors (Lipinski definition) is 0. The Labute approximate surface area is 172 Å². The van der Waals surface area contributed by atoms with Crippen LogP contribution >= 0.6 is 11.6 Å². The highest BCUT2D eigenvalue weighted by Gasteiger charge is 2.47. The minimum Gasteiger partial charge on any atom is -0.493 e. The fraction of sp³-hybridized carbons (Fsp3) is 0.526. The van der Waals surface area contributed by atoms with Crippen LogP contribution in [0.5, 0.6) is 5.75 Å². The number of aromatic nitrogens is 3. The average Bonchev–Trinajstić information content (AvgIpc) is 2.96. The first kappa shape index (κ1) is 24.7. The third-order valence-corrected chi connectivity index (χ3v) is 4.73. The first-order valence-corrected chi connectivity index (χ1v) is 9.20. The predicted molar refractivity (Wildman–Crippen MR) is 100 cm³/mol. The summed E-state index contributed by atoms with van der Waals surface area (Å²) in [7, 11) is 1.45. The summed E-state index contributed by atoms with van der Waals surface area (Å²) in [6, 6.07) is 1.58. The van der Waals surface area contributed by atoms with E-state index >= 15 is 0 Å².